The highest BCUT2D eigenvalue weighted by atomic mass is 16.5. The fourth-order valence-electron chi connectivity index (χ4n) is 5.89. The average molecular weight is 498 g/mol. The highest BCUT2D eigenvalue weighted by Gasteiger charge is 2.43. The number of piperidine rings is 1. The van der Waals surface area contributed by atoms with Gasteiger partial charge in [-0.3, -0.25) is 4.79 Å². The van der Waals surface area contributed by atoms with Gasteiger partial charge in [0.2, 0.25) is 5.91 Å². The molecule has 3 aromatic rings. The monoisotopic (exact) mass is 497 g/mol. The molecular weight excluding hydrogens is 466 g/mol. The molecule has 190 valence electrons. The summed E-state index contributed by atoms with van der Waals surface area (Å²) in [6.07, 6.45) is 9.17. The Hall–Kier alpha value is -3.94. The van der Waals surface area contributed by atoms with E-state index in [1.165, 1.54) is 0 Å². The van der Waals surface area contributed by atoms with E-state index < -0.39 is 0 Å². The van der Waals surface area contributed by atoms with Crippen molar-refractivity contribution < 1.29 is 14.3 Å². The van der Waals surface area contributed by atoms with Gasteiger partial charge in [0.1, 0.15) is 12.1 Å². The summed E-state index contributed by atoms with van der Waals surface area (Å²) < 4.78 is 11.0. The second kappa shape index (κ2) is 9.84. The molecule has 0 unspecified atom stereocenters. The standard InChI is InChI=1S/C29H31N5O3/c1-36-25-12-11-19(17-26(25)37-2)27-21-7-3-4-8-22(21)29(35)34(32-27)20-13-15-33(16-14-20)28-23-9-5-6-10-24(23)30-18-31-28/h3-6,9-12,17-18,20-22H,7-8,13-16H2,1-2H3/t21-,22+/m0/s1. The van der Waals surface area contributed by atoms with Crippen LogP contribution in [-0.2, 0) is 4.79 Å². The van der Waals surface area contributed by atoms with Gasteiger partial charge >= 0.3 is 0 Å². The third-order valence-electron chi connectivity index (χ3n) is 7.85. The van der Waals surface area contributed by atoms with Crippen LogP contribution >= 0.6 is 0 Å². The van der Waals surface area contributed by atoms with Crippen LogP contribution in [0.5, 0.6) is 11.5 Å². The van der Waals surface area contributed by atoms with Crippen LogP contribution in [0.2, 0.25) is 0 Å². The SMILES string of the molecule is COc1ccc(C2=NN(C3CCN(c4ncnc5ccccc45)CC3)C(=O)[C@@H]3CC=CC[C@H]23)cc1OC. The number of ether oxygens (including phenoxy) is 2. The normalized spacial score (nSPS) is 22.1. The first kappa shape index (κ1) is 23.5. The number of hydrogen-bond donors (Lipinski definition) is 0. The Morgan fingerprint density at radius 3 is 2.43 bits per heavy atom. The molecule has 2 atom stereocenters. The lowest BCUT2D eigenvalue weighted by Crippen LogP contribution is -2.52. The van der Waals surface area contributed by atoms with Crippen molar-refractivity contribution in [1.82, 2.24) is 15.0 Å². The molecule has 0 radical (unpaired) electrons. The van der Waals surface area contributed by atoms with Crippen molar-refractivity contribution in [2.75, 3.05) is 32.2 Å². The van der Waals surface area contributed by atoms with Crippen molar-refractivity contribution in [3.8, 4) is 11.5 Å². The quantitative estimate of drug-likeness (QED) is 0.485. The van der Waals surface area contributed by atoms with Crippen LogP contribution in [-0.4, -0.2) is 59.9 Å². The van der Waals surface area contributed by atoms with Gasteiger partial charge in [-0.05, 0) is 56.0 Å². The molecule has 0 spiro atoms. The number of anilines is 1. The minimum atomic E-state index is -0.0885. The Labute approximate surface area is 216 Å². The molecule has 1 aromatic heterocycles. The fourth-order valence-corrected chi connectivity index (χ4v) is 5.89. The van der Waals surface area contributed by atoms with Crippen LogP contribution < -0.4 is 14.4 Å². The largest absolute Gasteiger partial charge is 0.493 e. The molecule has 2 aliphatic heterocycles. The number of carbonyl (C=O) groups is 1. The number of aromatic nitrogens is 2. The Morgan fingerprint density at radius 1 is 0.892 bits per heavy atom. The summed E-state index contributed by atoms with van der Waals surface area (Å²) in [5.74, 6) is 2.43. The van der Waals surface area contributed by atoms with E-state index in [9.17, 15) is 4.79 Å². The lowest BCUT2D eigenvalue weighted by atomic mass is 9.76. The lowest BCUT2D eigenvalue weighted by molar-refractivity contribution is -0.140. The Morgan fingerprint density at radius 2 is 1.65 bits per heavy atom. The van der Waals surface area contributed by atoms with Crippen molar-refractivity contribution in [1.29, 1.82) is 0 Å². The van der Waals surface area contributed by atoms with Gasteiger partial charge in [-0.25, -0.2) is 15.0 Å². The van der Waals surface area contributed by atoms with Gasteiger partial charge in [-0.15, -0.1) is 0 Å². The number of benzene rings is 2. The molecular formula is C29H31N5O3. The zero-order chi connectivity index (χ0) is 25.4. The lowest BCUT2D eigenvalue weighted by Gasteiger charge is -2.43. The third kappa shape index (κ3) is 4.20. The third-order valence-corrected chi connectivity index (χ3v) is 7.85. The summed E-state index contributed by atoms with van der Waals surface area (Å²) in [4.78, 5) is 25.0. The molecule has 37 heavy (non-hydrogen) atoms. The number of fused-ring (bicyclic) bond motifs is 2. The minimum Gasteiger partial charge on any atom is -0.493 e. The highest BCUT2D eigenvalue weighted by Crippen LogP contribution is 2.38. The Kier molecular flexibility index (Phi) is 6.24. The van der Waals surface area contributed by atoms with E-state index in [1.807, 2.05) is 36.4 Å². The predicted molar refractivity (Wildman–Crippen MR) is 143 cm³/mol. The van der Waals surface area contributed by atoms with Gasteiger partial charge in [0, 0.05) is 30.0 Å². The number of carbonyl (C=O) groups excluding carboxylic acids is 1. The van der Waals surface area contributed by atoms with E-state index in [-0.39, 0.29) is 23.8 Å². The maximum atomic E-state index is 13.7. The Bertz CT molecular complexity index is 1370. The number of nitrogens with zero attached hydrogens (tertiary/aromatic N) is 5. The zero-order valence-electron chi connectivity index (χ0n) is 21.2. The molecule has 2 aromatic carbocycles. The number of amides is 1. The van der Waals surface area contributed by atoms with E-state index in [2.05, 4.69) is 33.1 Å². The van der Waals surface area contributed by atoms with Gasteiger partial charge < -0.3 is 14.4 Å². The van der Waals surface area contributed by atoms with E-state index in [4.69, 9.17) is 14.6 Å². The smallest absolute Gasteiger partial charge is 0.247 e. The van der Waals surface area contributed by atoms with Gasteiger partial charge in [0.25, 0.3) is 0 Å². The van der Waals surface area contributed by atoms with E-state index in [0.717, 1.165) is 66.8 Å². The van der Waals surface area contributed by atoms with E-state index >= 15 is 0 Å². The highest BCUT2D eigenvalue weighted by molar-refractivity contribution is 6.07. The number of methoxy groups -OCH3 is 2. The minimum absolute atomic E-state index is 0.0545. The molecule has 3 aliphatic rings. The first-order valence-corrected chi connectivity index (χ1v) is 12.9. The topological polar surface area (TPSA) is 80.2 Å². The van der Waals surface area contributed by atoms with E-state index in [0.29, 0.717) is 11.5 Å². The molecule has 0 bridgehead atoms. The van der Waals surface area contributed by atoms with Gasteiger partial charge in [0.15, 0.2) is 11.5 Å². The maximum absolute atomic E-state index is 13.7. The van der Waals surface area contributed by atoms with Crippen molar-refractivity contribution in [2.24, 2.45) is 16.9 Å². The predicted octanol–water partition coefficient (Wildman–Crippen LogP) is 4.44. The molecule has 8 heteroatoms. The summed E-state index contributed by atoms with van der Waals surface area (Å²) in [7, 11) is 3.27. The Balaban J connectivity index is 1.28. The fraction of sp³-hybridized carbons (Fsp3) is 0.379. The van der Waals surface area contributed by atoms with Crippen molar-refractivity contribution in [3.05, 3.63) is 66.5 Å². The van der Waals surface area contributed by atoms with Crippen LogP contribution in [0.4, 0.5) is 5.82 Å². The molecule has 1 fully saturated rings. The number of allylic oxidation sites excluding steroid dienone is 2. The number of rotatable bonds is 5. The first-order chi connectivity index (χ1) is 18.2. The second-order valence-corrected chi connectivity index (χ2v) is 9.83. The molecule has 1 saturated heterocycles. The van der Waals surface area contributed by atoms with Crippen LogP contribution in [0.1, 0.15) is 31.2 Å². The summed E-state index contributed by atoms with van der Waals surface area (Å²) >= 11 is 0. The van der Waals surface area contributed by atoms with Crippen molar-refractivity contribution in [2.45, 2.75) is 31.7 Å². The molecule has 8 nitrogen and oxygen atoms in total. The molecule has 1 amide bonds. The van der Waals surface area contributed by atoms with Gasteiger partial charge in [-0.2, -0.15) is 5.10 Å². The van der Waals surface area contributed by atoms with Gasteiger partial charge in [0.05, 0.1) is 37.4 Å². The van der Waals surface area contributed by atoms with Crippen LogP contribution in [0.15, 0.2) is 66.0 Å². The summed E-state index contributed by atoms with van der Waals surface area (Å²) in [5.41, 5.74) is 2.88. The molecule has 0 saturated carbocycles. The van der Waals surface area contributed by atoms with Crippen molar-refractivity contribution in [3.63, 3.8) is 0 Å². The molecule has 1 aliphatic carbocycles. The number of hydrogen-bond acceptors (Lipinski definition) is 7. The molecule has 6 rings (SSSR count). The maximum Gasteiger partial charge on any atom is 0.247 e. The second-order valence-electron chi connectivity index (χ2n) is 9.83. The first-order valence-electron chi connectivity index (χ1n) is 12.9. The summed E-state index contributed by atoms with van der Waals surface area (Å²) in [5, 5.41) is 7.90. The number of hydrazone groups is 1. The van der Waals surface area contributed by atoms with Crippen LogP contribution in [0.25, 0.3) is 10.9 Å². The average Bonchev–Trinajstić information content (AvgIpc) is 2.97. The molecule has 0 N–H and O–H groups in total. The molecule has 3 heterocycles. The van der Waals surface area contributed by atoms with Crippen LogP contribution in [0.3, 0.4) is 0 Å². The number of para-hydroxylation sites is 1. The van der Waals surface area contributed by atoms with Crippen LogP contribution in [0, 0.1) is 11.8 Å². The zero-order valence-corrected chi connectivity index (χ0v) is 21.2. The van der Waals surface area contributed by atoms with E-state index in [1.54, 1.807) is 25.6 Å². The summed E-state index contributed by atoms with van der Waals surface area (Å²) in [6.45, 7) is 1.62. The van der Waals surface area contributed by atoms with Crippen molar-refractivity contribution >= 4 is 28.3 Å². The van der Waals surface area contributed by atoms with Gasteiger partial charge in [-0.1, -0.05) is 24.3 Å². The summed E-state index contributed by atoms with van der Waals surface area (Å²) in [6, 6.07) is 14.1.